The van der Waals surface area contributed by atoms with Gasteiger partial charge in [0.25, 0.3) is 0 Å². The third-order valence-electron chi connectivity index (χ3n) is 3.83. The van der Waals surface area contributed by atoms with Gasteiger partial charge >= 0.3 is 0 Å². The highest BCUT2D eigenvalue weighted by Gasteiger charge is 2.23. The van der Waals surface area contributed by atoms with Crippen molar-refractivity contribution < 1.29 is 0 Å². The van der Waals surface area contributed by atoms with Crippen molar-refractivity contribution in [1.29, 1.82) is 0 Å². The lowest BCUT2D eigenvalue weighted by atomic mass is 9.78. The summed E-state index contributed by atoms with van der Waals surface area (Å²) in [6.07, 6.45) is 4.24. The minimum Gasteiger partial charge on any atom is -0.314 e. The monoisotopic (exact) mass is 251 g/mol. The molecule has 0 aliphatic heterocycles. The standard InChI is InChI=1S/C15H29N3/c1-7-16-14(10-12(2)15(3,4)5)11-13-8-9-18(6)17-13/h8-9,12,14,16H,7,10-11H2,1-6H3. The molecule has 0 aromatic carbocycles. The molecule has 0 aliphatic carbocycles. The maximum Gasteiger partial charge on any atom is 0.0640 e. The first-order chi connectivity index (χ1) is 8.32. The van der Waals surface area contributed by atoms with Crippen LogP contribution in [0.2, 0.25) is 0 Å². The molecule has 0 bridgehead atoms. The van der Waals surface area contributed by atoms with Crippen molar-refractivity contribution in [1.82, 2.24) is 15.1 Å². The molecule has 3 nitrogen and oxygen atoms in total. The summed E-state index contributed by atoms with van der Waals surface area (Å²) in [6, 6.07) is 2.64. The van der Waals surface area contributed by atoms with Gasteiger partial charge in [-0.05, 0) is 30.4 Å². The van der Waals surface area contributed by atoms with E-state index in [1.54, 1.807) is 0 Å². The lowest BCUT2D eigenvalue weighted by Gasteiger charge is -2.31. The van der Waals surface area contributed by atoms with E-state index in [0.717, 1.165) is 13.0 Å². The lowest BCUT2D eigenvalue weighted by molar-refractivity contribution is 0.222. The predicted octanol–water partition coefficient (Wildman–Crippen LogP) is 3.01. The second-order valence-electron chi connectivity index (χ2n) is 6.44. The third-order valence-corrected chi connectivity index (χ3v) is 3.83. The van der Waals surface area contributed by atoms with E-state index in [9.17, 15) is 0 Å². The molecule has 1 aromatic rings. The Labute approximate surface area is 112 Å². The van der Waals surface area contributed by atoms with Crippen LogP contribution in [-0.4, -0.2) is 22.4 Å². The number of aromatic nitrogens is 2. The van der Waals surface area contributed by atoms with Crippen LogP contribution in [0.15, 0.2) is 12.3 Å². The quantitative estimate of drug-likeness (QED) is 0.842. The fourth-order valence-corrected chi connectivity index (χ4v) is 2.13. The number of hydrogen-bond donors (Lipinski definition) is 1. The van der Waals surface area contributed by atoms with Crippen molar-refractivity contribution in [3.63, 3.8) is 0 Å². The summed E-state index contributed by atoms with van der Waals surface area (Å²) in [6.45, 7) is 12.5. The third kappa shape index (κ3) is 4.81. The SMILES string of the molecule is CCNC(Cc1ccn(C)n1)CC(C)C(C)(C)C. The Balaban J connectivity index is 2.60. The van der Waals surface area contributed by atoms with Gasteiger partial charge in [-0.2, -0.15) is 5.10 Å². The van der Waals surface area contributed by atoms with Gasteiger partial charge in [0, 0.05) is 25.7 Å². The molecule has 0 spiro atoms. The van der Waals surface area contributed by atoms with Crippen molar-refractivity contribution in [2.24, 2.45) is 18.4 Å². The van der Waals surface area contributed by atoms with Gasteiger partial charge in [0.2, 0.25) is 0 Å². The number of nitrogens with one attached hydrogen (secondary N) is 1. The fraction of sp³-hybridized carbons (Fsp3) is 0.800. The van der Waals surface area contributed by atoms with Crippen LogP contribution in [0, 0.1) is 11.3 Å². The summed E-state index contributed by atoms with van der Waals surface area (Å²) in [7, 11) is 1.98. The molecule has 1 heterocycles. The number of hydrogen-bond acceptors (Lipinski definition) is 2. The number of rotatable bonds is 6. The molecule has 2 atom stereocenters. The molecule has 1 N–H and O–H groups in total. The van der Waals surface area contributed by atoms with Gasteiger partial charge in [-0.3, -0.25) is 4.68 Å². The molecule has 0 fully saturated rings. The van der Waals surface area contributed by atoms with Crippen LogP contribution in [0.5, 0.6) is 0 Å². The Hall–Kier alpha value is -0.830. The van der Waals surface area contributed by atoms with Crippen LogP contribution < -0.4 is 5.32 Å². The zero-order valence-electron chi connectivity index (χ0n) is 12.8. The first-order valence-electron chi connectivity index (χ1n) is 7.04. The van der Waals surface area contributed by atoms with Crippen LogP contribution in [0.4, 0.5) is 0 Å². The Morgan fingerprint density at radius 2 is 2.06 bits per heavy atom. The first-order valence-corrected chi connectivity index (χ1v) is 7.04. The molecule has 0 radical (unpaired) electrons. The van der Waals surface area contributed by atoms with Crippen LogP contribution in [0.3, 0.4) is 0 Å². The Kier molecular flexibility index (Phi) is 5.39. The van der Waals surface area contributed by atoms with Gasteiger partial charge in [0.15, 0.2) is 0 Å². The van der Waals surface area contributed by atoms with E-state index in [0.29, 0.717) is 17.4 Å². The molecular weight excluding hydrogens is 222 g/mol. The van der Waals surface area contributed by atoms with Crippen molar-refractivity contribution in [2.45, 2.75) is 53.5 Å². The summed E-state index contributed by atoms with van der Waals surface area (Å²) in [5, 5.41) is 8.07. The minimum atomic E-state index is 0.373. The first kappa shape index (κ1) is 15.2. The van der Waals surface area contributed by atoms with Crippen LogP contribution in [0.25, 0.3) is 0 Å². The van der Waals surface area contributed by atoms with Crippen LogP contribution >= 0.6 is 0 Å². The minimum absolute atomic E-state index is 0.373. The Bertz CT molecular complexity index is 349. The largest absolute Gasteiger partial charge is 0.314 e. The van der Waals surface area contributed by atoms with Crippen molar-refractivity contribution in [2.75, 3.05) is 6.54 Å². The smallest absolute Gasteiger partial charge is 0.0640 e. The second kappa shape index (κ2) is 6.37. The summed E-state index contributed by atoms with van der Waals surface area (Å²) in [5.41, 5.74) is 1.56. The molecule has 0 amide bonds. The topological polar surface area (TPSA) is 29.9 Å². The Morgan fingerprint density at radius 3 is 2.50 bits per heavy atom. The molecule has 0 saturated heterocycles. The average molecular weight is 251 g/mol. The maximum absolute atomic E-state index is 4.48. The number of aryl methyl sites for hydroxylation is 1. The van der Waals surface area contributed by atoms with E-state index in [4.69, 9.17) is 0 Å². The average Bonchev–Trinajstić information content (AvgIpc) is 2.62. The normalized spacial score (nSPS) is 15.7. The van der Waals surface area contributed by atoms with Crippen LogP contribution in [-0.2, 0) is 13.5 Å². The zero-order valence-corrected chi connectivity index (χ0v) is 12.8. The molecule has 2 unspecified atom stereocenters. The van der Waals surface area contributed by atoms with E-state index >= 15 is 0 Å². The summed E-state index contributed by atoms with van der Waals surface area (Å²) < 4.78 is 1.88. The van der Waals surface area contributed by atoms with Gasteiger partial charge in [0.1, 0.15) is 0 Å². The molecule has 1 aromatic heterocycles. The van der Waals surface area contributed by atoms with Crippen LogP contribution in [0.1, 0.15) is 46.7 Å². The predicted molar refractivity (Wildman–Crippen MR) is 77.6 cm³/mol. The molecule has 104 valence electrons. The Morgan fingerprint density at radius 1 is 1.39 bits per heavy atom. The fourth-order valence-electron chi connectivity index (χ4n) is 2.13. The maximum atomic E-state index is 4.48. The summed E-state index contributed by atoms with van der Waals surface area (Å²) in [4.78, 5) is 0. The van der Waals surface area contributed by atoms with Gasteiger partial charge in [-0.25, -0.2) is 0 Å². The number of nitrogens with zero attached hydrogens (tertiary/aromatic N) is 2. The summed E-state index contributed by atoms with van der Waals surface area (Å²) >= 11 is 0. The van der Waals surface area contributed by atoms with E-state index in [2.05, 4.69) is 51.1 Å². The summed E-state index contributed by atoms with van der Waals surface area (Å²) in [5.74, 6) is 0.699. The van der Waals surface area contributed by atoms with Gasteiger partial charge in [0.05, 0.1) is 5.69 Å². The van der Waals surface area contributed by atoms with E-state index in [1.807, 2.05) is 17.9 Å². The van der Waals surface area contributed by atoms with Gasteiger partial charge in [-0.15, -0.1) is 0 Å². The zero-order chi connectivity index (χ0) is 13.8. The molecule has 1 rings (SSSR count). The molecule has 18 heavy (non-hydrogen) atoms. The van der Waals surface area contributed by atoms with Crippen molar-refractivity contribution in [3.05, 3.63) is 18.0 Å². The van der Waals surface area contributed by atoms with Gasteiger partial charge < -0.3 is 5.32 Å². The molecule has 3 heteroatoms. The molecule has 0 saturated carbocycles. The van der Waals surface area contributed by atoms with Gasteiger partial charge in [-0.1, -0.05) is 34.6 Å². The van der Waals surface area contributed by atoms with E-state index < -0.39 is 0 Å². The highest BCUT2D eigenvalue weighted by molar-refractivity contribution is 5.01. The molecular formula is C15H29N3. The van der Waals surface area contributed by atoms with Crippen molar-refractivity contribution in [3.8, 4) is 0 Å². The second-order valence-corrected chi connectivity index (χ2v) is 6.44. The van der Waals surface area contributed by atoms with E-state index in [-0.39, 0.29) is 0 Å². The highest BCUT2D eigenvalue weighted by atomic mass is 15.2. The molecule has 0 aliphatic rings. The number of likely N-dealkylation sites (N-methyl/N-ethyl adjacent to an activating group) is 1. The lowest BCUT2D eigenvalue weighted by Crippen LogP contribution is -2.35. The highest BCUT2D eigenvalue weighted by Crippen LogP contribution is 2.29. The van der Waals surface area contributed by atoms with Crippen molar-refractivity contribution >= 4 is 0 Å². The van der Waals surface area contributed by atoms with E-state index in [1.165, 1.54) is 12.1 Å².